The molecule has 0 spiro atoms. The molecule has 0 aromatic heterocycles. The van der Waals surface area contributed by atoms with Gasteiger partial charge in [-0.2, -0.15) is 0 Å². The van der Waals surface area contributed by atoms with E-state index in [4.69, 9.17) is 11.6 Å². The quantitative estimate of drug-likeness (QED) is 0.745. The van der Waals surface area contributed by atoms with Crippen molar-refractivity contribution in [1.29, 1.82) is 0 Å². The van der Waals surface area contributed by atoms with Crippen LogP contribution in [-0.2, 0) is 4.79 Å². The highest BCUT2D eigenvalue weighted by Crippen LogP contribution is 2.23. The van der Waals surface area contributed by atoms with Crippen LogP contribution in [-0.4, -0.2) is 24.0 Å². The summed E-state index contributed by atoms with van der Waals surface area (Å²) in [5.41, 5.74) is 2.02. The molecule has 0 radical (unpaired) electrons. The second-order valence-corrected chi connectivity index (χ2v) is 6.04. The van der Waals surface area contributed by atoms with Crippen LogP contribution in [0.2, 0.25) is 5.02 Å². The van der Waals surface area contributed by atoms with E-state index in [1.165, 1.54) is 0 Å². The second kappa shape index (κ2) is 10.2. The van der Waals surface area contributed by atoms with Gasteiger partial charge in [-0.25, -0.2) is 0 Å². The molecule has 3 nitrogen and oxygen atoms in total. The molecule has 0 heterocycles. The van der Waals surface area contributed by atoms with Crippen LogP contribution in [0.5, 0.6) is 0 Å². The lowest BCUT2D eigenvalue weighted by atomic mass is 9.92. The Hall–Kier alpha value is -1.68. The first kappa shape index (κ1) is 20.4. The van der Waals surface area contributed by atoms with Crippen molar-refractivity contribution in [2.75, 3.05) is 13.2 Å². The number of halogens is 1. The van der Waals surface area contributed by atoms with Gasteiger partial charge in [0.05, 0.1) is 12.6 Å². The lowest BCUT2D eigenvalue weighted by Gasteiger charge is -2.19. The molecule has 2 unspecified atom stereocenters. The predicted molar refractivity (Wildman–Crippen MR) is 100 cm³/mol. The molecule has 2 N–H and O–H groups in total. The van der Waals surface area contributed by atoms with E-state index in [0.29, 0.717) is 18.0 Å². The van der Waals surface area contributed by atoms with Crippen LogP contribution in [0.4, 0.5) is 0 Å². The van der Waals surface area contributed by atoms with E-state index in [-0.39, 0.29) is 31.8 Å². The molecule has 2 atom stereocenters. The smallest absolute Gasteiger partial charge is 0.137 e. The Labute approximate surface area is 149 Å². The van der Waals surface area contributed by atoms with E-state index in [0.717, 1.165) is 11.1 Å². The van der Waals surface area contributed by atoms with Crippen LogP contribution < -0.4 is 5.32 Å². The van der Waals surface area contributed by atoms with Gasteiger partial charge in [0.1, 0.15) is 5.78 Å². The summed E-state index contributed by atoms with van der Waals surface area (Å²) in [6.07, 6.45) is 0.681. The maximum atomic E-state index is 11.9. The topological polar surface area (TPSA) is 49.3 Å². The standard InChI is InChI=1S/C19H22ClNO2.CH4/c1-14(23)18(15-7-9-17(20)10-8-15)11-12-21-19(13-22)16-5-3-2-4-6-16;/h2-10,18-19,21-22H,11-13H2,1H3;1H4. The summed E-state index contributed by atoms with van der Waals surface area (Å²) in [5, 5.41) is 13.5. The van der Waals surface area contributed by atoms with Gasteiger partial charge in [-0.1, -0.05) is 61.5 Å². The molecule has 0 aliphatic rings. The number of carbonyl (C=O) groups excluding carboxylic acids is 1. The molecule has 24 heavy (non-hydrogen) atoms. The summed E-state index contributed by atoms with van der Waals surface area (Å²) in [6.45, 7) is 2.28. The van der Waals surface area contributed by atoms with Crippen LogP contribution in [0.1, 0.15) is 43.9 Å². The summed E-state index contributed by atoms with van der Waals surface area (Å²) in [5.74, 6) is -0.0238. The summed E-state index contributed by atoms with van der Waals surface area (Å²) in [6, 6.07) is 17.1. The van der Waals surface area contributed by atoms with Crippen LogP contribution in [0.3, 0.4) is 0 Å². The third-order valence-electron chi connectivity index (χ3n) is 3.97. The highest BCUT2D eigenvalue weighted by Gasteiger charge is 2.17. The fraction of sp³-hybridized carbons (Fsp3) is 0.350. The number of benzene rings is 2. The van der Waals surface area contributed by atoms with Gasteiger partial charge in [-0.15, -0.1) is 0 Å². The molecule has 130 valence electrons. The van der Waals surface area contributed by atoms with E-state index in [9.17, 15) is 9.90 Å². The van der Waals surface area contributed by atoms with Crippen molar-refractivity contribution in [3.8, 4) is 0 Å². The number of Topliss-reactive ketones (excluding diaryl/α,β-unsaturated/α-hetero) is 1. The lowest BCUT2D eigenvalue weighted by molar-refractivity contribution is -0.118. The number of aliphatic hydroxyl groups is 1. The third-order valence-corrected chi connectivity index (χ3v) is 4.22. The minimum atomic E-state index is -0.158. The molecule has 0 amide bonds. The van der Waals surface area contributed by atoms with Gasteiger partial charge < -0.3 is 10.4 Å². The number of nitrogens with one attached hydrogen (secondary N) is 1. The molecular formula is C20H26ClNO2. The first-order valence-electron chi connectivity index (χ1n) is 7.77. The van der Waals surface area contributed by atoms with Crippen molar-refractivity contribution in [3.63, 3.8) is 0 Å². The van der Waals surface area contributed by atoms with E-state index >= 15 is 0 Å². The van der Waals surface area contributed by atoms with Gasteiger partial charge in [0, 0.05) is 10.9 Å². The summed E-state index contributed by atoms with van der Waals surface area (Å²) < 4.78 is 0. The molecule has 0 aliphatic carbocycles. The molecular weight excluding hydrogens is 322 g/mol. The lowest BCUT2D eigenvalue weighted by Crippen LogP contribution is -2.27. The zero-order valence-corrected chi connectivity index (χ0v) is 14.0. The van der Waals surface area contributed by atoms with Crippen molar-refractivity contribution in [1.82, 2.24) is 5.32 Å². The molecule has 0 saturated carbocycles. The average molecular weight is 348 g/mol. The second-order valence-electron chi connectivity index (χ2n) is 5.60. The Bertz CT molecular complexity index is 613. The number of hydrogen-bond donors (Lipinski definition) is 2. The molecule has 0 fully saturated rings. The van der Waals surface area contributed by atoms with Gasteiger partial charge in [0.15, 0.2) is 0 Å². The summed E-state index contributed by atoms with van der Waals surface area (Å²) >= 11 is 5.90. The molecule has 0 saturated heterocycles. The van der Waals surface area contributed by atoms with Gasteiger partial charge in [-0.3, -0.25) is 4.79 Å². The Morgan fingerprint density at radius 2 is 1.71 bits per heavy atom. The van der Waals surface area contributed by atoms with Crippen LogP contribution in [0.25, 0.3) is 0 Å². The van der Waals surface area contributed by atoms with Gasteiger partial charge in [0.25, 0.3) is 0 Å². The zero-order valence-electron chi connectivity index (χ0n) is 13.2. The molecule has 0 aliphatic heterocycles. The summed E-state index contributed by atoms with van der Waals surface area (Å²) in [7, 11) is 0. The molecule has 2 aromatic rings. The maximum absolute atomic E-state index is 11.9. The Balaban J connectivity index is 0.00000288. The van der Waals surface area contributed by atoms with Crippen molar-refractivity contribution < 1.29 is 9.90 Å². The fourth-order valence-corrected chi connectivity index (χ4v) is 2.80. The SMILES string of the molecule is C.CC(=O)C(CCNC(CO)c1ccccc1)c1ccc(Cl)cc1. The van der Waals surface area contributed by atoms with Gasteiger partial charge >= 0.3 is 0 Å². The van der Waals surface area contributed by atoms with E-state index in [2.05, 4.69) is 5.32 Å². The number of hydrogen-bond acceptors (Lipinski definition) is 3. The van der Waals surface area contributed by atoms with Crippen molar-refractivity contribution in [2.45, 2.75) is 32.7 Å². The summed E-state index contributed by atoms with van der Waals surface area (Å²) in [4.78, 5) is 11.9. The van der Waals surface area contributed by atoms with Crippen LogP contribution >= 0.6 is 11.6 Å². The normalized spacial score (nSPS) is 13.0. The molecule has 4 heteroatoms. The first-order valence-corrected chi connectivity index (χ1v) is 8.14. The number of aliphatic hydroxyl groups excluding tert-OH is 1. The minimum Gasteiger partial charge on any atom is -0.394 e. The van der Waals surface area contributed by atoms with Gasteiger partial charge in [0.2, 0.25) is 0 Å². The largest absolute Gasteiger partial charge is 0.394 e. The third kappa shape index (κ3) is 5.75. The molecule has 0 bridgehead atoms. The van der Waals surface area contributed by atoms with Crippen molar-refractivity contribution >= 4 is 17.4 Å². The van der Waals surface area contributed by atoms with Crippen molar-refractivity contribution in [2.24, 2.45) is 0 Å². The fourth-order valence-electron chi connectivity index (χ4n) is 2.67. The Kier molecular flexibility index (Phi) is 8.69. The van der Waals surface area contributed by atoms with E-state index in [1.54, 1.807) is 19.1 Å². The highest BCUT2D eigenvalue weighted by atomic mass is 35.5. The molecule has 2 rings (SSSR count). The Morgan fingerprint density at radius 1 is 1.08 bits per heavy atom. The number of carbonyl (C=O) groups is 1. The zero-order chi connectivity index (χ0) is 16.7. The van der Waals surface area contributed by atoms with Gasteiger partial charge in [-0.05, 0) is 43.1 Å². The van der Waals surface area contributed by atoms with Crippen molar-refractivity contribution in [3.05, 3.63) is 70.7 Å². The highest BCUT2D eigenvalue weighted by molar-refractivity contribution is 6.30. The monoisotopic (exact) mass is 347 g/mol. The maximum Gasteiger partial charge on any atom is 0.137 e. The molecule has 2 aromatic carbocycles. The van der Waals surface area contributed by atoms with E-state index in [1.807, 2.05) is 42.5 Å². The van der Waals surface area contributed by atoms with E-state index < -0.39 is 0 Å². The average Bonchev–Trinajstić information content (AvgIpc) is 2.57. The minimum absolute atomic E-state index is 0. The van der Waals surface area contributed by atoms with Crippen LogP contribution in [0.15, 0.2) is 54.6 Å². The van der Waals surface area contributed by atoms with Crippen LogP contribution in [0, 0.1) is 0 Å². The predicted octanol–water partition coefficient (Wildman–Crippen LogP) is 4.36. The Morgan fingerprint density at radius 3 is 2.25 bits per heavy atom. The number of ketones is 1. The number of rotatable bonds is 8. The first-order chi connectivity index (χ1) is 11.1.